The minimum atomic E-state index is -0.372. The molecule has 3 atom stereocenters. The molecule has 22 heavy (non-hydrogen) atoms. The largest absolute Gasteiger partial charge is 0.459 e. The summed E-state index contributed by atoms with van der Waals surface area (Å²) in [5, 5.41) is 0. The van der Waals surface area contributed by atoms with Gasteiger partial charge in [0, 0.05) is 20.6 Å². The Morgan fingerprint density at radius 2 is 2.00 bits per heavy atom. The van der Waals surface area contributed by atoms with Crippen LogP contribution < -0.4 is 0 Å². The highest BCUT2D eigenvalue weighted by atomic mass is 16.7. The molecule has 0 aliphatic carbocycles. The van der Waals surface area contributed by atoms with Crippen LogP contribution in [0.25, 0.3) is 0 Å². The summed E-state index contributed by atoms with van der Waals surface area (Å²) in [6.45, 7) is 1.09. The predicted molar refractivity (Wildman–Crippen MR) is 78.6 cm³/mol. The lowest BCUT2D eigenvalue weighted by molar-refractivity contribution is -0.150. The molecule has 6 nitrogen and oxygen atoms in total. The molecule has 1 fully saturated rings. The zero-order valence-electron chi connectivity index (χ0n) is 12.9. The molecule has 1 heterocycles. The molecule has 1 unspecified atom stereocenters. The average molecular weight is 310 g/mol. The molecule has 1 aliphatic heterocycles. The van der Waals surface area contributed by atoms with E-state index >= 15 is 0 Å². The SMILES string of the molecule is COCCOC1C[C@H](OC)[C@@H](COC(=O)c2ccccc2)O1. The van der Waals surface area contributed by atoms with Crippen molar-refractivity contribution in [3.05, 3.63) is 35.9 Å². The third kappa shape index (κ3) is 4.78. The Morgan fingerprint density at radius 1 is 1.23 bits per heavy atom. The van der Waals surface area contributed by atoms with E-state index in [0.717, 1.165) is 0 Å². The first-order valence-electron chi connectivity index (χ1n) is 7.25. The van der Waals surface area contributed by atoms with E-state index in [0.29, 0.717) is 25.2 Å². The quantitative estimate of drug-likeness (QED) is 0.537. The Kier molecular flexibility index (Phi) is 6.79. The first-order valence-corrected chi connectivity index (χ1v) is 7.25. The molecule has 1 aromatic carbocycles. The van der Waals surface area contributed by atoms with E-state index in [1.54, 1.807) is 38.5 Å². The summed E-state index contributed by atoms with van der Waals surface area (Å²) in [5.74, 6) is -0.372. The van der Waals surface area contributed by atoms with Gasteiger partial charge in [-0.15, -0.1) is 0 Å². The lowest BCUT2D eigenvalue weighted by Gasteiger charge is -2.17. The molecule has 122 valence electrons. The number of methoxy groups -OCH3 is 2. The van der Waals surface area contributed by atoms with E-state index in [9.17, 15) is 4.79 Å². The van der Waals surface area contributed by atoms with Gasteiger partial charge in [-0.25, -0.2) is 4.79 Å². The predicted octanol–water partition coefficient (Wildman–Crippen LogP) is 1.64. The maximum atomic E-state index is 11.9. The molecule has 0 bridgehead atoms. The number of benzene rings is 1. The third-order valence-corrected chi connectivity index (χ3v) is 3.45. The van der Waals surface area contributed by atoms with Gasteiger partial charge in [-0.3, -0.25) is 0 Å². The first-order chi connectivity index (χ1) is 10.7. The van der Waals surface area contributed by atoms with E-state index in [4.69, 9.17) is 23.7 Å². The van der Waals surface area contributed by atoms with Gasteiger partial charge in [0.1, 0.15) is 12.7 Å². The Morgan fingerprint density at radius 3 is 2.68 bits per heavy atom. The van der Waals surface area contributed by atoms with Gasteiger partial charge >= 0.3 is 5.97 Å². The van der Waals surface area contributed by atoms with Gasteiger partial charge < -0.3 is 23.7 Å². The molecular formula is C16H22O6. The summed E-state index contributed by atoms with van der Waals surface area (Å²) >= 11 is 0. The van der Waals surface area contributed by atoms with E-state index in [1.165, 1.54) is 0 Å². The van der Waals surface area contributed by atoms with Crippen LogP contribution >= 0.6 is 0 Å². The Bertz CT molecular complexity index is 449. The second-order valence-corrected chi connectivity index (χ2v) is 4.94. The highest BCUT2D eigenvalue weighted by molar-refractivity contribution is 5.89. The highest BCUT2D eigenvalue weighted by Gasteiger charge is 2.36. The van der Waals surface area contributed by atoms with Gasteiger partial charge in [0.25, 0.3) is 0 Å². The summed E-state index contributed by atoms with van der Waals surface area (Å²) in [6, 6.07) is 8.85. The lowest BCUT2D eigenvalue weighted by Crippen LogP contribution is -2.29. The fourth-order valence-electron chi connectivity index (χ4n) is 2.26. The molecule has 0 saturated carbocycles. The first kappa shape index (κ1) is 16.9. The Hall–Kier alpha value is -1.47. The standard InChI is InChI=1S/C16H22O6/c1-18-8-9-20-15-10-13(19-2)14(22-15)11-21-16(17)12-6-4-3-5-7-12/h3-7,13-15H,8-11H2,1-2H3/t13-,14+,15?/m0/s1. The molecule has 0 N–H and O–H groups in total. The topological polar surface area (TPSA) is 63.2 Å². The van der Waals surface area contributed by atoms with Crippen LogP contribution in [0, 0.1) is 0 Å². The van der Waals surface area contributed by atoms with Gasteiger partial charge in [0.15, 0.2) is 6.29 Å². The van der Waals surface area contributed by atoms with Crippen LogP contribution in [0.2, 0.25) is 0 Å². The minimum Gasteiger partial charge on any atom is -0.459 e. The van der Waals surface area contributed by atoms with Crippen molar-refractivity contribution in [2.24, 2.45) is 0 Å². The molecule has 0 spiro atoms. The second kappa shape index (κ2) is 8.85. The summed E-state index contributed by atoms with van der Waals surface area (Å²) in [5.41, 5.74) is 0.516. The van der Waals surface area contributed by atoms with Crippen molar-refractivity contribution in [2.75, 3.05) is 34.0 Å². The van der Waals surface area contributed by atoms with E-state index in [-0.39, 0.29) is 31.1 Å². The molecule has 2 rings (SSSR count). The van der Waals surface area contributed by atoms with Crippen LogP contribution in [0.3, 0.4) is 0 Å². The van der Waals surface area contributed by atoms with Gasteiger partial charge in [-0.2, -0.15) is 0 Å². The molecule has 1 aliphatic rings. The maximum absolute atomic E-state index is 11.9. The van der Waals surface area contributed by atoms with Crippen LogP contribution in [0.15, 0.2) is 30.3 Å². The monoisotopic (exact) mass is 310 g/mol. The van der Waals surface area contributed by atoms with Gasteiger partial charge in [-0.1, -0.05) is 18.2 Å². The zero-order valence-corrected chi connectivity index (χ0v) is 12.9. The van der Waals surface area contributed by atoms with E-state index in [2.05, 4.69) is 0 Å². The fourth-order valence-corrected chi connectivity index (χ4v) is 2.26. The number of ether oxygens (including phenoxy) is 5. The fraction of sp³-hybridized carbons (Fsp3) is 0.562. The number of hydrogen-bond donors (Lipinski definition) is 0. The Balaban J connectivity index is 1.79. The minimum absolute atomic E-state index is 0.135. The molecular weight excluding hydrogens is 288 g/mol. The van der Waals surface area contributed by atoms with Crippen molar-refractivity contribution in [1.82, 2.24) is 0 Å². The molecule has 0 aromatic heterocycles. The van der Waals surface area contributed by atoms with Crippen LogP contribution in [-0.4, -0.2) is 58.5 Å². The van der Waals surface area contributed by atoms with E-state index in [1.807, 2.05) is 6.07 Å². The molecule has 0 amide bonds. The van der Waals surface area contributed by atoms with Crippen molar-refractivity contribution < 1.29 is 28.5 Å². The van der Waals surface area contributed by atoms with Crippen LogP contribution in [0.4, 0.5) is 0 Å². The van der Waals surface area contributed by atoms with Crippen LogP contribution in [-0.2, 0) is 23.7 Å². The normalized spacial score (nSPS) is 24.4. The number of carbonyl (C=O) groups is 1. The van der Waals surface area contributed by atoms with Crippen molar-refractivity contribution in [2.45, 2.75) is 24.9 Å². The van der Waals surface area contributed by atoms with Crippen LogP contribution in [0.5, 0.6) is 0 Å². The van der Waals surface area contributed by atoms with Crippen molar-refractivity contribution in [3.8, 4) is 0 Å². The maximum Gasteiger partial charge on any atom is 0.338 e. The van der Waals surface area contributed by atoms with Crippen LogP contribution in [0.1, 0.15) is 16.8 Å². The third-order valence-electron chi connectivity index (χ3n) is 3.45. The molecule has 6 heteroatoms. The zero-order chi connectivity index (χ0) is 15.8. The van der Waals surface area contributed by atoms with Crippen molar-refractivity contribution in [3.63, 3.8) is 0 Å². The van der Waals surface area contributed by atoms with E-state index < -0.39 is 0 Å². The molecule has 1 saturated heterocycles. The number of rotatable bonds is 8. The summed E-state index contributed by atoms with van der Waals surface area (Å²) < 4.78 is 26.8. The lowest BCUT2D eigenvalue weighted by atomic mass is 10.2. The molecule has 0 radical (unpaired) electrons. The second-order valence-electron chi connectivity index (χ2n) is 4.94. The number of esters is 1. The smallest absolute Gasteiger partial charge is 0.338 e. The summed E-state index contributed by atoms with van der Waals surface area (Å²) in [6.07, 6.45) is -0.241. The average Bonchev–Trinajstić information content (AvgIpc) is 2.96. The van der Waals surface area contributed by atoms with Crippen molar-refractivity contribution >= 4 is 5.97 Å². The number of carbonyl (C=O) groups excluding carboxylic acids is 1. The van der Waals surface area contributed by atoms with Gasteiger partial charge in [0.05, 0.1) is 24.9 Å². The summed E-state index contributed by atoms with van der Waals surface area (Å²) in [7, 11) is 3.22. The molecule has 1 aromatic rings. The number of hydrogen-bond acceptors (Lipinski definition) is 6. The highest BCUT2D eigenvalue weighted by Crippen LogP contribution is 2.24. The Labute approximate surface area is 130 Å². The summed E-state index contributed by atoms with van der Waals surface area (Å²) in [4.78, 5) is 11.9. The van der Waals surface area contributed by atoms with Gasteiger partial charge in [-0.05, 0) is 12.1 Å². The van der Waals surface area contributed by atoms with Gasteiger partial charge in [0.2, 0.25) is 0 Å². The van der Waals surface area contributed by atoms with Crippen molar-refractivity contribution in [1.29, 1.82) is 0 Å².